The molecule has 0 radical (unpaired) electrons. The molecule has 3 unspecified atom stereocenters. The summed E-state index contributed by atoms with van der Waals surface area (Å²) in [4.78, 5) is 0. The predicted molar refractivity (Wildman–Crippen MR) is 109 cm³/mol. The van der Waals surface area contributed by atoms with Crippen LogP contribution in [0.25, 0.3) is 0 Å². The molecule has 2 aliphatic carbocycles. The van der Waals surface area contributed by atoms with Crippen molar-refractivity contribution in [2.45, 2.75) is 19.1 Å². The molecule has 2 N–H and O–H groups in total. The Hall–Kier alpha value is -2.41. The number of hydrogen-bond donors (Lipinski definition) is 1. The lowest BCUT2D eigenvalue weighted by Crippen LogP contribution is -2.34. The summed E-state index contributed by atoms with van der Waals surface area (Å²) >= 11 is 0. The van der Waals surface area contributed by atoms with Gasteiger partial charge in [0.25, 0.3) is 0 Å². The fraction of sp³-hybridized carbons (Fsp3) is 0.273. The average Bonchev–Trinajstić information content (AvgIpc) is 2.65. The van der Waals surface area contributed by atoms with Crippen molar-refractivity contribution >= 4 is 10.0 Å². The second kappa shape index (κ2) is 6.88. The highest BCUT2D eigenvalue weighted by atomic mass is 32.2. The minimum absolute atomic E-state index is 0.166. The van der Waals surface area contributed by atoms with E-state index < -0.39 is 15.4 Å². The number of nitrogens with two attached hydrogens (primary N) is 1. The van der Waals surface area contributed by atoms with Crippen molar-refractivity contribution in [3.8, 4) is 0 Å². The van der Waals surface area contributed by atoms with E-state index in [1.54, 1.807) is 7.11 Å². The zero-order valence-corrected chi connectivity index (χ0v) is 16.6. The van der Waals surface area contributed by atoms with Gasteiger partial charge in [-0.1, -0.05) is 67.6 Å². The molecule has 0 bridgehead atoms. The van der Waals surface area contributed by atoms with Crippen LogP contribution in [0.2, 0.25) is 0 Å². The van der Waals surface area contributed by atoms with Gasteiger partial charge >= 0.3 is 0 Å². The molecule has 146 valence electrons. The minimum atomic E-state index is -3.64. The number of ether oxygens (including phenoxy) is 2. The lowest BCUT2D eigenvalue weighted by atomic mass is 9.75. The van der Waals surface area contributed by atoms with Gasteiger partial charge in [-0.2, -0.15) is 0 Å². The Labute approximate surface area is 165 Å². The van der Waals surface area contributed by atoms with Gasteiger partial charge in [0.05, 0.1) is 12.9 Å². The predicted octanol–water partition coefficient (Wildman–Crippen LogP) is 3.31. The van der Waals surface area contributed by atoms with Crippen molar-refractivity contribution in [2.75, 3.05) is 12.9 Å². The number of rotatable bonds is 4. The third-order valence-corrected chi connectivity index (χ3v) is 6.22. The van der Waals surface area contributed by atoms with Crippen LogP contribution in [0.3, 0.4) is 0 Å². The van der Waals surface area contributed by atoms with Crippen molar-refractivity contribution in [3.63, 3.8) is 0 Å². The summed E-state index contributed by atoms with van der Waals surface area (Å²) in [5.74, 6) is 0.583. The van der Waals surface area contributed by atoms with Gasteiger partial charge in [-0.05, 0) is 22.8 Å². The number of hydrogen-bond acceptors (Lipinski definition) is 4. The van der Waals surface area contributed by atoms with Crippen LogP contribution in [0.4, 0.5) is 0 Å². The Balaban J connectivity index is 1.89. The van der Waals surface area contributed by atoms with Crippen molar-refractivity contribution < 1.29 is 17.9 Å². The average molecular weight is 397 g/mol. The summed E-state index contributed by atoms with van der Waals surface area (Å²) < 4.78 is 35.6. The van der Waals surface area contributed by atoms with E-state index in [9.17, 15) is 8.42 Å². The molecule has 0 saturated heterocycles. The summed E-state index contributed by atoms with van der Waals surface area (Å²) in [7, 11) is -2.00. The van der Waals surface area contributed by atoms with E-state index >= 15 is 0 Å². The molecule has 3 aliphatic rings. The first-order valence-electron chi connectivity index (χ1n) is 9.10. The molecule has 0 saturated carbocycles. The van der Waals surface area contributed by atoms with Crippen molar-refractivity contribution in [2.24, 2.45) is 10.6 Å². The quantitative estimate of drug-likeness (QED) is 0.845. The van der Waals surface area contributed by atoms with E-state index in [0.717, 1.165) is 28.0 Å². The second-order valence-electron chi connectivity index (χ2n) is 7.54. The van der Waals surface area contributed by atoms with Gasteiger partial charge < -0.3 is 9.47 Å². The molecule has 0 amide bonds. The molecule has 28 heavy (non-hydrogen) atoms. The molecule has 0 spiro atoms. The van der Waals surface area contributed by atoms with E-state index in [1.165, 1.54) is 0 Å². The molecular formula is C22H23NO4S. The van der Waals surface area contributed by atoms with Crippen LogP contribution in [0.1, 0.15) is 18.6 Å². The first-order valence-corrected chi connectivity index (χ1v) is 10.8. The largest absolute Gasteiger partial charge is 0.496 e. The monoisotopic (exact) mass is 397 g/mol. The standard InChI is InChI=1S/C22H23NO4S/c1-22(14-28(23,24)25)12-11-16-17(13-22)21(15-7-4-3-5-8-15)27-19-10-6-9-18(26-2)20(16)19/h3-13,19,21H,14H2,1-2H3,(H2,23,24,25). The molecule has 1 heterocycles. The number of benzene rings is 1. The van der Waals surface area contributed by atoms with Crippen LogP contribution in [0.15, 0.2) is 89.3 Å². The van der Waals surface area contributed by atoms with Gasteiger partial charge in [0.15, 0.2) is 0 Å². The van der Waals surface area contributed by atoms with Gasteiger partial charge in [0.2, 0.25) is 10.0 Å². The van der Waals surface area contributed by atoms with Gasteiger partial charge in [0, 0.05) is 11.0 Å². The maximum atomic E-state index is 11.8. The third-order valence-electron chi connectivity index (χ3n) is 5.20. The Morgan fingerprint density at radius 3 is 2.68 bits per heavy atom. The molecule has 0 aromatic heterocycles. The van der Waals surface area contributed by atoms with E-state index in [4.69, 9.17) is 14.6 Å². The Bertz CT molecular complexity index is 1050. The van der Waals surface area contributed by atoms with Crippen LogP contribution in [-0.2, 0) is 19.5 Å². The molecule has 0 fully saturated rings. The number of methoxy groups -OCH3 is 1. The Morgan fingerprint density at radius 1 is 1.25 bits per heavy atom. The molecule has 1 aliphatic heterocycles. The first-order chi connectivity index (χ1) is 13.3. The topological polar surface area (TPSA) is 78.6 Å². The van der Waals surface area contributed by atoms with Gasteiger partial charge in [-0.25, -0.2) is 13.6 Å². The number of sulfonamides is 1. The maximum Gasteiger partial charge on any atom is 0.210 e. The summed E-state index contributed by atoms with van der Waals surface area (Å²) in [5.41, 5.74) is 3.20. The summed E-state index contributed by atoms with van der Waals surface area (Å²) in [6, 6.07) is 9.93. The third kappa shape index (κ3) is 3.51. The van der Waals surface area contributed by atoms with Crippen LogP contribution in [-0.4, -0.2) is 27.4 Å². The number of allylic oxidation sites excluding steroid dienone is 5. The first kappa shape index (κ1) is 18.9. The second-order valence-corrected chi connectivity index (χ2v) is 9.16. The van der Waals surface area contributed by atoms with Crippen LogP contribution < -0.4 is 5.14 Å². The number of primary sulfonamides is 1. The van der Waals surface area contributed by atoms with Crippen molar-refractivity contribution in [1.29, 1.82) is 0 Å². The van der Waals surface area contributed by atoms with Gasteiger partial charge in [0.1, 0.15) is 18.0 Å². The van der Waals surface area contributed by atoms with E-state index in [0.29, 0.717) is 0 Å². The Kier molecular flexibility index (Phi) is 4.65. The van der Waals surface area contributed by atoms with E-state index in [1.807, 2.05) is 73.7 Å². The fourth-order valence-electron chi connectivity index (χ4n) is 4.09. The molecule has 6 heteroatoms. The SMILES string of the molecule is COC1=CC=CC2OC(c3ccccc3)C3=CC(C)(CS(N)(=O)=O)C=CC3=C12. The lowest BCUT2D eigenvalue weighted by Gasteiger charge is -2.39. The van der Waals surface area contributed by atoms with Crippen LogP contribution in [0.5, 0.6) is 0 Å². The van der Waals surface area contributed by atoms with Crippen LogP contribution in [0, 0.1) is 5.41 Å². The highest BCUT2D eigenvalue weighted by Crippen LogP contribution is 2.48. The fourth-order valence-corrected chi connectivity index (χ4v) is 5.14. The Morgan fingerprint density at radius 2 is 2.00 bits per heavy atom. The lowest BCUT2D eigenvalue weighted by molar-refractivity contribution is 0.0417. The summed E-state index contributed by atoms with van der Waals surface area (Å²) in [5, 5.41) is 5.34. The summed E-state index contributed by atoms with van der Waals surface area (Å²) in [6.07, 6.45) is 11.2. The molecule has 5 nitrogen and oxygen atoms in total. The summed E-state index contributed by atoms with van der Waals surface area (Å²) in [6.45, 7) is 1.87. The molecule has 3 atom stereocenters. The van der Waals surface area contributed by atoms with Gasteiger partial charge in [-0.3, -0.25) is 0 Å². The molecule has 1 aromatic rings. The zero-order valence-electron chi connectivity index (χ0n) is 15.8. The van der Waals surface area contributed by atoms with Crippen molar-refractivity contribution in [3.05, 3.63) is 94.8 Å². The highest BCUT2D eigenvalue weighted by molar-refractivity contribution is 7.89. The molecular weight excluding hydrogens is 374 g/mol. The maximum absolute atomic E-state index is 11.8. The normalized spacial score (nSPS) is 29.0. The molecule has 4 rings (SSSR count). The van der Waals surface area contributed by atoms with E-state index in [-0.39, 0.29) is 18.0 Å². The van der Waals surface area contributed by atoms with Gasteiger partial charge in [-0.15, -0.1) is 0 Å². The van der Waals surface area contributed by atoms with Crippen LogP contribution >= 0.6 is 0 Å². The smallest absolute Gasteiger partial charge is 0.210 e. The molecule has 1 aromatic carbocycles. The minimum Gasteiger partial charge on any atom is -0.496 e. The number of fused-ring (bicyclic) bond motifs is 2. The van der Waals surface area contributed by atoms with E-state index in [2.05, 4.69) is 0 Å². The van der Waals surface area contributed by atoms with Crippen molar-refractivity contribution in [1.82, 2.24) is 0 Å². The zero-order chi connectivity index (χ0) is 19.9. The highest BCUT2D eigenvalue weighted by Gasteiger charge is 2.39.